The Kier molecular flexibility index (Phi) is 7.57. The van der Waals surface area contributed by atoms with Crippen LogP contribution in [0.5, 0.6) is 0 Å². The number of aromatic nitrogens is 1. The van der Waals surface area contributed by atoms with E-state index in [0.717, 1.165) is 61.1 Å². The van der Waals surface area contributed by atoms with Gasteiger partial charge in [0.2, 0.25) is 5.91 Å². The molecule has 1 aliphatic heterocycles. The van der Waals surface area contributed by atoms with E-state index < -0.39 is 0 Å². The van der Waals surface area contributed by atoms with E-state index >= 15 is 0 Å². The van der Waals surface area contributed by atoms with Gasteiger partial charge in [-0.1, -0.05) is 49.6 Å². The quantitative estimate of drug-likeness (QED) is 0.526. The number of carbonyl (C=O) groups is 1. The van der Waals surface area contributed by atoms with Crippen molar-refractivity contribution in [2.45, 2.75) is 58.0 Å². The average Bonchev–Trinajstić information content (AvgIpc) is 3.48. The summed E-state index contributed by atoms with van der Waals surface area (Å²) in [6, 6.07) is 10.5. The summed E-state index contributed by atoms with van der Waals surface area (Å²) in [4.78, 5) is 24.4. The number of aliphatic imine (C=N–C) groups is 1. The van der Waals surface area contributed by atoms with Crippen LogP contribution in [0.1, 0.15) is 50.5 Å². The number of hydrogen-bond acceptors (Lipinski definition) is 4. The second-order valence-corrected chi connectivity index (χ2v) is 9.38. The van der Waals surface area contributed by atoms with Gasteiger partial charge in [-0.05, 0) is 26.2 Å². The number of rotatable bonds is 6. The van der Waals surface area contributed by atoms with Gasteiger partial charge in [-0.2, -0.15) is 0 Å². The Hall–Kier alpha value is -2.41. The van der Waals surface area contributed by atoms with E-state index in [1.807, 2.05) is 18.2 Å². The van der Waals surface area contributed by atoms with Gasteiger partial charge < -0.3 is 15.5 Å². The molecule has 1 saturated heterocycles. The smallest absolute Gasteiger partial charge is 0.225 e. The predicted molar refractivity (Wildman–Crippen MR) is 127 cm³/mol. The van der Waals surface area contributed by atoms with Crippen LogP contribution in [0.2, 0.25) is 0 Å². The van der Waals surface area contributed by atoms with E-state index in [0.29, 0.717) is 12.5 Å². The van der Waals surface area contributed by atoms with Gasteiger partial charge >= 0.3 is 0 Å². The molecule has 2 aromatic rings. The molecule has 2 aliphatic rings. The number of thiazole rings is 1. The molecule has 1 saturated carbocycles. The fourth-order valence-corrected chi connectivity index (χ4v) is 5.20. The van der Waals surface area contributed by atoms with Crippen LogP contribution in [0.15, 0.2) is 40.7 Å². The van der Waals surface area contributed by atoms with Gasteiger partial charge in [0.25, 0.3) is 0 Å². The summed E-state index contributed by atoms with van der Waals surface area (Å²) in [6.45, 7) is 5.04. The lowest BCUT2D eigenvalue weighted by Crippen LogP contribution is -2.45. The van der Waals surface area contributed by atoms with Crippen molar-refractivity contribution in [2.75, 3.05) is 19.6 Å². The lowest BCUT2D eigenvalue weighted by Gasteiger charge is -2.26. The average molecular weight is 440 g/mol. The summed E-state index contributed by atoms with van der Waals surface area (Å²) in [5.41, 5.74) is 2.13. The second kappa shape index (κ2) is 10.8. The molecule has 2 fully saturated rings. The summed E-state index contributed by atoms with van der Waals surface area (Å²) < 4.78 is 0. The molecule has 1 atom stereocenters. The molecular weight excluding hydrogens is 406 g/mol. The van der Waals surface area contributed by atoms with Gasteiger partial charge in [0.1, 0.15) is 5.01 Å². The molecule has 1 aromatic carbocycles. The lowest BCUT2D eigenvalue weighted by atomic mass is 9.88. The highest BCUT2D eigenvalue weighted by Crippen LogP contribution is 2.27. The fourth-order valence-electron chi connectivity index (χ4n) is 4.47. The zero-order valence-electron chi connectivity index (χ0n) is 18.3. The fraction of sp³-hybridized carbons (Fsp3) is 0.542. The molecule has 0 spiro atoms. The Morgan fingerprint density at radius 2 is 2.00 bits per heavy atom. The minimum absolute atomic E-state index is 0.248. The molecule has 31 heavy (non-hydrogen) atoms. The van der Waals surface area contributed by atoms with Crippen LogP contribution >= 0.6 is 11.3 Å². The Morgan fingerprint density at radius 3 is 2.77 bits per heavy atom. The Labute approximate surface area is 189 Å². The van der Waals surface area contributed by atoms with Gasteiger partial charge in [-0.25, -0.2) is 9.98 Å². The van der Waals surface area contributed by atoms with Crippen molar-refractivity contribution in [1.29, 1.82) is 0 Å². The molecule has 1 amide bonds. The first-order valence-electron chi connectivity index (χ1n) is 11.6. The van der Waals surface area contributed by atoms with E-state index in [-0.39, 0.29) is 12.0 Å². The molecular formula is C24H33N5OS. The van der Waals surface area contributed by atoms with E-state index in [4.69, 9.17) is 9.98 Å². The first-order chi connectivity index (χ1) is 15.2. The summed E-state index contributed by atoms with van der Waals surface area (Å²) in [7, 11) is 0. The number of amides is 1. The number of hydrogen-bond donors (Lipinski definition) is 2. The summed E-state index contributed by atoms with van der Waals surface area (Å²) >= 11 is 1.64. The highest BCUT2D eigenvalue weighted by atomic mass is 32.1. The number of guanidine groups is 1. The standard InChI is InChI=1S/C24H33N5OS/c1-2-25-24(26-15-22-28-21(17-31-22)18-9-5-3-6-10-18)27-20-13-14-29(16-20)23(30)19-11-7-4-8-12-19/h3,5-6,9-10,17,19-20H,2,4,7-8,11-16H2,1H3,(H2,25,26,27). The Morgan fingerprint density at radius 1 is 1.19 bits per heavy atom. The molecule has 1 aromatic heterocycles. The van der Waals surface area contributed by atoms with Gasteiger partial charge in [0.15, 0.2) is 5.96 Å². The maximum Gasteiger partial charge on any atom is 0.225 e. The molecule has 2 N–H and O–H groups in total. The minimum Gasteiger partial charge on any atom is -0.357 e. The number of benzene rings is 1. The third-order valence-electron chi connectivity index (χ3n) is 6.13. The maximum atomic E-state index is 12.8. The van der Waals surface area contributed by atoms with Crippen LogP contribution < -0.4 is 10.6 Å². The first-order valence-corrected chi connectivity index (χ1v) is 12.4. The van der Waals surface area contributed by atoms with Crippen LogP contribution in [0.4, 0.5) is 0 Å². The van der Waals surface area contributed by atoms with E-state index in [1.165, 1.54) is 19.3 Å². The second-order valence-electron chi connectivity index (χ2n) is 8.44. The molecule has 1 aliphatic carbocycles. The highest BCUT2D eigenvalue weighted by molar-refractivity contribution is 7.09. The maximum absolute atomic E-state index is 12.8. The van der Waals surface area contributed by atoms with Crippen molar-refractivity contribution < 1.29 is 4.79 Å². The summed E-state index contributed by atoms with van der Waals surface area (Å²) in [6.07, 6.45) is 6.78. The van der Waals surface area contributed by atoms with Crippen LogP contribution in [0, 0.1) is 5.92 Å². The third kappa shape index (κ3) is 5.85. The van der Waals surface area contributed by atoms with Crippen molar-refractivity contribution in [1.82, 2.24) is 20.5 Å². The molecule has 2 heterocycles. The van der Waals surface area contributed by atoms with Crippen molar-refractivity contribution in [3.63, 3.8) is 0 Å². The Balaban J connectivity index is 1.32. The van der Waals surface area contributed by atoms with E-state index in [2.05, 4.69) is 40.0 Å². The van der Waals surface area contributed by atoms with Gasteiger partial charge in [0.05, 0.1) is 12.2 Å². The first kappa shape index (κ1) is 21.8. The van der Waals surface area contributed by atoms with Crippen LogP contribution in [0.3, 0.4) is 0 Å². The summed E-state index contributed by atoms with van der Waals surface area (Å²) in [5.74, 6) is 1.41. The lowest BCUT2D eigenvalue weighted by molar-refractivity contribution is -0.135. The zero-order chi connectivity index (χ0) is 21.5. The van der Waals surface area contributed by atoms with Crippen molar-refractivity contribution in [3.8, 4) is 11.3 Å². The van der Waals surface area contributed by atoms with Crippen molar-refractivity contribution in [2.24, 2.45) is 10.9 Å². The molecule has 0 radical (unpaired) electrons. The molecule has 1 unspecified atom stereocenters. The molecule has 7 heteroatoms. The van der Waals surface area contributed by atoms with E-state index in [9.17, 15) is 4.79 Å². The van der Waals surface area contributed by atoms with Crippen molar-refractivity contribution >= 4 is 23.2 Å². The number of likely N-dealkylation sites (tertiary alicyclic amines) is 1. The Bertz CT molecular complexity index is 875. The topological polar surface area (TPSA) is 69.6 Å². The predicted octanol–water partition coefficient (Wildman–Crippen LogP) is 4.05. The van der Waals surface area contributed by atoms with Crippen LogP contribution in [-0.2, 0) is 11.3 Å². The van der Waals surface area contributed by atoms with Crippen molar-refractivity contribution in [3.05, 3.63) is 40.7 Å². The molecule has 6 nitrogen and oxygen atoms in total. The zero-order valence-corrected chi connectivity index (χ0v) is 19.2. The largest absolute Gasteiger partial charge is 0.357 e. The third-order valence-corrected chi connectivity index (χ3v) is 6.97. The SMILES string of the molecule is CCNC(=NCc1nc(-c2ccccc2)cs1)NC1CCN(C(=O)C2CCCCC2)C1. The van der Waals surface area contributed by atoms with Crippen LogP contribution in [0.25, 0.3) is 11.3 Å². The van der Waals surface area contributed by atoms with Crippen LogP contribution in [-0.4, -0.2) is 47.4 Å². The van der Waals surface area contributed by atoms with E-state index in [1.54, 1.807) is 11.3 Å². The number of nitrogens with zero attached hydrogens (tertiary/aromatic N) is 3. The van der Waals surface area contributed by atoms with Gasteiger partial charge in [-0.15, -0.1) is 11.3 Å². The number of carbonyl (C=O) groups excluding carboxylic acids is 1. The molecule has 166 valence electrons. The monoisotopic (exact) mass is 439 g/mol. The minimum atomic E-state index is 0.248. The van der Waals surface area contributed by atoms with Gasteiger partial charge in [-0.3, -0.25) is 4.79 Å². The summed E-state index contributed by atoms with van der Waals surface area (Å²) in [5, 5.41) is 9.96. The van der Waals surface area contributed by atoms with Gasteiger partial charge in [0, 0.05) is 42.5 Å². The number of nitrogens with one attached hydrogen (secondary N) is 2. The highest BCUT2D eigenvalue weighted by Gasteiger charge is 2.31. The molecule has 4 rings (SSSR count). The molecule has 0 bridgehead atoms. The normalized spacial score (nSPS) is 20.1.